The van der Waals surface area contributed by atoms with Gasteiger partial charge in [0.15, 0.2) is 0 Å². The average molecular weight is 275 g/mol. The predicted molar refractivity (Wildman–Crippen MR) is 72.0 cm³/mol. The van der Waals surface area contributed by atoms with E-state index in [1.54, 1.807) is 0 Å². The highest BCUT2D eigenvalue weighted by Crippen LogP contribution is 2.42. The normalized spacial score (nSPS) is 42.7. The fourth-order valence-electron chi connectivity index (χ4n) is 3.57. The lowest BCUT2D eigenvalue weighted by Crippen LogP contribution is -2.47. The van der Waals surface area contributed by atoms with Crippen LogP contribution >= 0.6 is 0 Å². The minimum atomic E-state index is -2.97. The third-order valence-electron chi connectivity index (χ3n) is 4.89. The highest BCUT2D eigenvalue weighted by molar-refractivity contribution is 7.91. The van der Waals surface area contributed by atoms with Crippen LogP contribution < -0.4 is 5.73 Å². The molecule has 2 aliphatic carbocycles. The van der Waals surface area contributed by atoms with E-state index >= 15 is 0 Å². The van der Waals surface area contributed by atoms with Gasteiger partial charge in [0.05, 0.1) is 10.9 Å². The van der Waals surface area contributed by atoms with Crippen LogP contribution in [0, 0.1) is 5.92 Å². The smallest absolute Gasteiger partial charge is 0.150 e. The Morgan fingerprint density at radius 2 is 1.78 bits per heavy atom. The van der Waals surface area contributed by atoms with Gasteiger partial charge in [0.1, 0.15) is 9.84 Å². The van der Waals surface area contributed by atoms with Gasteiger partial charge in [-0.25, -0.2) is 8.42 Å². The SMILES string of the molecule is CS(=O)(=O)C1CCCC(C2(O)CCC(N)CC2)C1. The minimum Gasteiger partial charge on any atom is -0.390 e. The van der Waals surface area contributed by atoms with Crippen molar-refractivity contribution in [3.05, 3.63) is 0 Å². The summed E-state index contributed by atoms with van der Waals surface area (Å²) in [6.45, 7) is 0. The Labute approximate surface area is 110 Å². The molecule has 4 nitrogen and oxygen atoms in total. The molecule has 0 aliphatic heterocycles. The van der Waals surface area contributed by atoms with Gasteiger partial charge in [-0.1, -0.05) is 6.42 Å². The van der Waals surface area contributed by atoms with Gasteiger partial charge in [-0.3, -0.25) is 0 Å². The fourth-order valence-corrected chi connectivity index (χ4v) is 4.75. The quantitative estimate of drug-likeness (QED) is 0.794. The maximum atomic E-state index is 11.7. The molecule has 0 aromatic heterocycles. The second-order valence-electron chi connectivity index (χ2n) is 6.26. The van der Waals surface area contributed by atoms with Gasteiger partial charge < -0.3 is 10.8 Å². The summed E-state index contributed by atoms with van der Waals surface area (Å²) in [5.41, 5.74) is 5.21. The van der Waals surface area contributed by atoms with Gasteiger partial charge in [0.25, 0.3) is 0 Å². The molecule has 0 aromatic rings. The highest BCUT2D eigenvalue weighted by Gasteiger charge is 2.43. The van der Waals surface area contributed by atoms with Crippen molar-refractivity contribution in [1.29, 1.82) is 0 Å². The van der Waals surface area contributed by atoms with Crippen molar-refractivity contribution in [3.8, 4) is 0 Å². The lowest BCUT2D eigenvalue weighted by molar-refractivity contribution is -0.0634. The van der Waals surface area contributed by atoms with Gasteiger partial charge >= 0.3 is 0 Å². The van der Waals surface area contributed by atoms with Crippen LogP contribution in [0.1, 0.15) is 51.4 Å². The Kier molecular flexibility index (Phi) is 4.04. The Hall–Kier alpha value is -0.130. The van der Waals surface area contributed by atoms with Crippen molar-refractivity contribution in [2.24, 2.45) is 11.7 Å². The van der Waals surface area contributed by atoms with E-state index in [9.17, 15) is 13.5 Å². The van der Waals surface area contributed by atoms with Crippen LogP contribution in [0.5, 0.6) is 0 Å². The zero-order valence-corrected chi connectivity index (χ0v) is 12.0. The summed E-state index contributed by atoms with van der Waals surface area (Å²) in [5.74, 6) is 0.137. The Morgan fingerprint density at radius 1 is 1.17 bits per heavy atom. The number of hydrogen-bond donors (Lipinski definition) is 2. The molecule has 0 bridgehead atoms. The summed E-state index contributed by atoms with van der Waals surface area (Å²) < 4.78 is 23.3. The highest BCUT2D eigenvalue weighted by atomic mass is 32.2. The summed E-state index contributed by atoms with van der Waals surface area (Å²) in [7, 11) is -2.97. The maximum absolute atomic E-state index is 11.7. The molecule has 2 rings (SSSR count). The standard InChI is InChI=1S/C13H25NO3S/c1-18(16,17)12-4-2-3-10(9-12)13(15)7-5-11(14)6-8-13/h10-12,15H,2-9,14H2,1H3. The third kappa shape index (κ3) is 3.06. The third-order valence-corrected chi connectivity index (χ3v) is 6.53. The molecule has 2 saturated carbocycles. The second-order valence-corrected chi connectivity index (χ2v) is 8.58. The van der Waals surface area contributed by atoms with Crippen molar-refractivity contribution >= 4 is 9.84 Å². The Morgan fingerprint density at radius 3 is 2.33 bits per heavy atom. The summed E-state index contributed by atoms with van der Waals surface area (Å²) in [6.07, 6.45) is 7.75. The molecular formula is C13H25NO3S. The first-order valence-electron chi connectivity index (χ1n) is 6.98. The van der Waals surface area contributed by atoms with E-state index in [1.807, 2.05) is 0 Å². The molecular weight excluding hydrogens is 250 g/mol. The molecule has 2 unspecified atom stereocenters. The topological polar surface area (TPSA) is 80.4 Å². The van der Waals surface area contributed by atoms with E-state index in [4.69, 9.17) is 5.73 Å². The first kappa shape index (κ1) is 14.3. The van der Waals surface area contributed by atoms with Gasteiger partial charge in [0, 0.05) is 12.3 Å². The largest absolute Gasteiger partial charge is 0.390 e. The number of hydrogen-bond acceptors (Lipinski definition) is 4. The maximum Gasteiger partial charge on any atom is 0.150 e. The van der Waals surface area contributed by atoms with Crippen LogP contribution in [-0.2, 0) is 9.84 Å². The van der Waals surface area contributed by atoms with Gasteiger partial charge in [0.2, 0.25) is 0 Å². The van der Waals surface area contributed by atoms with E-state index < -0.39 is 15.4 Å². The molecule has 3 N–H and O–H groups in total. The van der Waals surface area contributed by atoms with Crippen LogP contribution in [0.15, 0.2) is 0 Å². The van der Waals surface area contributed by atoms with Crippen molar-refractivity contribution in [1.82, 2.24) is 0 Å². The number of sulfone groups is 1. The van der Waals surface area contributed by atoms with Gasteiger partial charge in [-0.15, -0.1) is 0 Å². The molecule has 106 valence electrons. The molecule has 0 radical (unpaired) electrons. The molecule has 0 spiro atoms. The van der Waals surface area contributed by atoms with Crippen LogP contribution in [0.3, 0.4) is 0 Å². The monoisotopic (exact) mass is 275 g/mol. The summed E-state index contributed by atoms with van der Waals surface area (Å²) in [4.78, 5) is 0. The summed E-state index contributed by atoms with van der Waals surface area (Å²) in [6, 6.07) is 0.208. The molecule has 2 aliphatic rings. The van der Waals surface area contributed by atoms with Gasteiger partial charge in [-0.2, -0.15) is 0 Å². The average Bonchev–Trinajstić information content (AvgIpc) is 2.32. The number of nitrogens with two attached hydrogens (primary N) is 1. The minimum absolute atomic E-state index is 0.137. The Bertz CT molecular complexity index is 385. The van der Waals surface area contributed by atoms with E-state index in [0.717, 1.165) is 44.9 Å². The van der Waals surface area contributed by atoms with E-state index in [1.165, 1.54) is 6.26 Å². The molecule has 18 heavy (non-hydrogen) atoms. The fraction of sp³-hybridized carbons (Fsp3) is 1.00. The molecule has 2 fully saturated rings. The molecule has 0 heterocycles. The Balaban J connectivity index is 2.04. The lowest BCUT2D eigenvalue weighted by Gasteiger charge is -2.44. The van der Waals surface area contributed by atoms with Crippen LogP contribution in [0.2, 0.25) is 0 Å². The molecule has 0 saturated heterocycles. The van der Waals surface area contributed by atoms with Crippen molar-refractivity contribution in [2.45, 2.75) is 68.3 Å². The van der Waals surface area contributed by atoms with Crippen LogP contribution in [-0.4, -0.2) is 36.7 Å². The predicted octanol–water partition coefficient (Wildman–Crippen LogP) is 1.22. The molecule has 5 heteroatoms. The second kappa shape index (κ2) is 5.10. The summed E-state index contributed by atoms with van der Waals surface area (Å²) >= 11 is 0. The number of aliphatic hydroxyl groups is 1. The van der Waals surface area contributed by atoms with E-state index in [2.05, 4.69) is 0 Å². The molecule has 0 aromatic carbocycles. The van der Waals surface area contributed by atoms with Crippen LogP contribution in [0.4, 0.5) is 0 Å². The van der Waals surface area contributed by atoms with Gasteiger partial charge in [-0.05, 0) is 50.9 Å². The van der Waals surface area contributed by atoms with E-state index in [-0.39, 0.29) is 17.2 Å². The van der Waals surface area contributed by atoms with Crippen molar-refractivity contribution < 1.29 is 13.5 Å². The summed E-state index contributed by atoms with van der Waals surface area (Å²) in [5, 5.41) is 10.5. The van der Waals surface area contributed by atoms with Crippen molar-refractivity contribution in [3.63, 3.8) is 0 Å². The molecule has 2 atom stereocenters. The van der Waals surface area contributed by atoms with E-state index in [0.29, 0.717) is 6.42 Å². The zero-order chi connectivity index (χ0) is 13.4. The first-order valence-corrected chi connectivity index (χ1v) is 8.93. The van der Waals surface area contributed by atoms with Crippen molar-refractivity contribution in [2.75, 3.05) is 6.26 Å². The first-order chi connectivity index (χ1) is 8.31. The zero-order valence-electron chi connectivity index (χ0n) is 11.1. The molecule has 0 amide bonds. The number of rotatable bonds is 2. The van der Waals surface area contributed by atoms with Crippen LogP contribution in [0.25, 0.3) is 0 Å². The lowest BCUT2D eigenvalue weighted by atomic mass is 9.69.